The quantitative estimate of drug-likeness (QED) is 0.418. The van der Waals surface area contributed by atoms with Crippen LogP contribution in [0.2, 0.25) is 0 Å². The van der Waals surface area contributed by atoms with E-state index in [1.54, 1.807) is 0 Å². The van der Waals surface area contributed by atoms with Crippen molar-refractivity contribution in [2.24, 2.45) is 0 Å². The maximum absolute atomic E-state index is 12.7. The molecule has 198 valence electrons. The third kappa shape index (κ3) is 9.05. The summed E-state index contributed by atoms with van der Waals surface area (Å²) < 4.78 is 5.69. The van der Waals surface area contributed by atoms with Crippen LogP contribution in [0.3, 0.4) is 0 Å². The fourth-order valence-electron chi connectivity index (χ4n) is 5.32. The van der Waals surface area contributed by atoms with Gasteiger partial charge in [0.05, 0.1) is 6.10 Å². The molecule has 1 heterocycles. The highest BCUT2D eigenvalue weighted by Gasteiger charge is 2.21. The first-order valence-electron chi connectivity index (χ1n) is 14.3. The van der Waals surface area contributed by atoms with E-state index in [2.05, 4.69) is 68.4 Å². The van der Waals surface area contributed by atoms with Crippen molar-refractivity contribution in [3.05, 3.63) is 70.3 Å². The highest BCUT2D eigenvalue weighted by molar-refractivity contribution is 5.94. The predicted molar refractivity (Wildman–Crippen MR) is 151 cm³/mol. The van der Waals surface area contributed by atoms with Gasteiger partial charge in [-0.15, -0.1) is 0 Å². The Morgan fingerprint density at radius 3 is 2.33 bits per heavy atom. The summed E-state index contributed by atoms with van der Waals surface area (Å²) in [6.45, 7) is 10.0. The molecule has 2 aromatic carbocycles. The molecule has 4 nitrogen and oxygen atoms in total. The highest BCUT2D eigenvalue weighted by Crippen LogP contribution is 2.23. The molecule has 2 unspecified atom stereocenters. The SMILES string of the molecule is CCCN(C)CCC.CCc1ccc2c(c1)CCC(NC(=O)c1ccc(CCC3CCCO3)cc1)C2. The summed E-state index contributed by atoms with van der Waals surface area (Å²) in [5.41, 5.74) is 6.29. The molecule has 2 aromatic rings. The van der Waals surface area contributed by atoms with Crippen LogP contribution < -0.4 is 5.32 Å². The van der Waals surface area contributed by atoms with E-state index in [0.29, 0.717) is 6.10 Å². The van der Waals surface area contributed by atoms with E-state index < -0.39 is 0 Å². The fraction of sp³-hybridized carbons (Fsp3) is 0.594. The second-order valence-corrected chi connectivity index (χ2v) is 10.5. The lowest BCUT2D eigenvalue weighted by atomic mass is 9.87. The number of benzene rings is 2. The molecule has 4 heteroatoms. The molecule has 1 fully saturated rings. The Hall–Kier alpha value is -2.17. The van der Waals surface area contributed by atoms with Crippen LogP contribution in [0.4, 0.5) is 0 Å². The molecular formula is C32H48N2O2. The normalized spacial score (nSPS) is 18.9. The summed E-state index contributed by atoms with van der Waals surface area (Å²) >= 11 is 0. The minimum Gasteiger partial charge on any atom is -0.378 e. The van der Waals surface area contributed by atoms with Gasteiger partial charge >= 0.3 is 0 Å². The van der Waals surface area contributed by atoms with Crippen molar-refractivity contribution in [3.63, 3.8) is 0 Å². The fourth-order valence-corrected chi connectivity index (χ4v) is 5.32. The molecule has 1 aliphatic carbocycles. The molecule has 4 rings (SSSR count). The molecule has 0 bridgehead atoms. The molecule has 2 aliphatic rings. The van der Waals surface area contributed by atoms with E-state index in [1.807, 2.05) is 12.1 Å². The van der Waals surface area contributed by atoms with Gasteiger partial charge in [-0.3, -0.25) is 4.79 Å². The molecule has 0 aromatic heterocycles. The van der Waals surface area contributed by atoms with Gasteiger partial charge in [0, 0.05) is 18.2 Å². The topological polar surface area (TPSA) is 41.6 Å². The maximum Gasteiger partial charge on any atom is 0.251 e. The monoisotopic (exact) mass is 492 g/mol. The second kappa shape index (κ2) is 15.2. The van der Waals surface area contributed by atoms with Crippen LogP contribution in [-0.2, 0) is 30.4 Å². The van der Waals surface area contributed by atoms with Crippen LogP contribution in [0.5, 0.6) is 0 Å². The van der Waals surface area contributed by atoms with Gasteiger partial charge in [-0.2, -0.15) is 0 Å². The maximum atomic E-state index is 12.7. The molecular weight excluding hydrogens is 444 g/mol. The molecule has 1 saturated heterocycles. The zero-order valence-electron chi connectivity index (χ0n) is 23.2. The molecule has 1 aliphatic heterocycles. The van der Waals surface area contributed by atoms with Crippen molar-refractivity contribution >= 4 is 5.91 Å². The molecule has 2 atom stereocenters. The minimum atomic E-state index is 0.0457. The summed E-state index contributed by atoms with van der Waals surface area (Å²) in [7, 11) is 2.17. The Balaban J connectivity index is 0.000000392. The molecule has 0 radical (unpaired) electrons. The van der Waals surface area contributed by atoms with Gasteiger partial charge in [-0.1, -0.05) is 51.1 Å². The van der Waals surface area contributed by atoms with Crippen LogP contribution in [0.15, 0.2) is 42.5 Å². The lowest BCUT2D eigenvalue weighted by molar-refractivity contribution is 0.0933. The van der Waals surface area contributed by atoms with E-state index in [4.69, 9.17) is 4.74 Å². The van der Waals surface area contributed by atoms with Gasteiger partial charge in [0.2, 0.25) is 0 Å². The van der Waals surface area contributed by atoms with Crippen molar-refractivity contribution in [1.29, 1.82) is 0 Å². The van der Waals surface area contributed by atoms with Gasteiger partial charge in [0.25, 0.3) is 5.91 Å². The van der Waals surface area contributed by atoms with Gasteiger partial charge in [-0.25, -0.2) is 0 Å². The summed E-state index contributed by atoms with van der Waals surface area (Å²) in [5.74, 6) is 0.0457. The van der Waals surface area contributed by atoms with E-state index in [1.165, 1.54) is 61.0 Å². The Morgan fingerprint density at radius 2 is 1.69 bits per heavy atom. The second-order valence-electron chi connectivity index (χ2n) is 10.5. The van der Waals surface area contributed by atoms with Crippen LogP contribution >= 0.6 is 0 Å². The van der Waals surface area contributed by atoms with Gasteiger partial charge in [-0.05, 0) is 119 Å². The number of carbonyl (C=O) groups excluding carboxylic acids is 1. The smallest absolute Gasteiger partial charge is 0.251 e. The number of hydrogen-bond acceptors (Lipinski definition) is 3. The number of rotatable bonds is 10. The Bertz CT molecular complexity index is 912. The number of ether oxygens (including phenoxy) is 1. The van der Waals surface area contributed by atoms with E-state index in [0.717, 1.165) is 50.7 Å². The van der Waals surface area contributed by atoms with E-state index in [9.17, 15) is 4.79 Å². The average molecular weight is 493 g/mol. The number of aryl methyl sites for hydroxylation is 3. The largest absolute Gasteiger partial charge is 0.378 e. The van der Waals surface area contributed by atoms with Crippen LogP contribution in [0.25, 0.3) is 0 Å². The van der Waals surface area contributed by atoms with Crippen LogP contribution in [-0.4, -0.2) is 49.7 Å². The third-order valence-electron chi connectivity index (χ3n) is 7.45. The number of fused-ring (bicyclic) bond motifs is 1. The number of hydrogen-bond donors (Lipinski definition) is 1. The predicted octanol–water partition coefficient (Wildman–Crippen LogP) is 6.39. The minimum absolute atomic E-state index is 0.0457. The van der Waals surface area contributed by atoms with Crippen LogP contribution in [0.1, 0.15) is 91.9 Å². The van der Waals surface area contributed by atoms with Gasteiger partial charge < -0.3 is 15.0 Å². The Kier molecular flexibility index (Phi) is 12.0. The third-order valence-corrected chi connectivity index (χ3v) is 7.45. The standard InChI is InChI=1S/C25H31NO2.C7H17N/c1-2-18-5-11-22-17-23(13-12-21(22)16-18)26-25(27)20-9-6-19(7-10-20)8-14-24-4-3-15-28-24;1-4-6-8(3)7-5-2/h5-7,9-11,16,23-24H,2-4,8,12-15,17H2,1H3,(H,26,27);4-7H2,1-3H3. The van der Waals surface area contributed by atoms with E-state index >= 15 is 0 Å². The first-order chi connectivity index (χ1) is 17.5. The summed E-state index contributed by atoms with van der Waals surface area (Å²) in [5, 5.41) is 3.24. The van der Waals surface area contributed by atoms with Crippen molar-refractivity contribution in [3.8, 4) is 0 Å². The summed E-state index contributed by atoms with van der Waals surface area (Å²) in [4.78, 5) is 15.0. The van der Waals surface area contributed by atoms with Crippen molar-refractivity contribution in [2.75, 3.05) is 26.7 Å². The average Bonchev–Trinajstić information content (AvgIpc) is 3.42. The number of carbonyl (C=O) groups is 1. The number of nitrogens with zero attached hydrogens (tertiary/aromatic N) is 1. The highest BCUT2D eigenvalue weighted by atomic mass is 16.5. The van der Waals surface area contributed by atoms with Gasteiger partial charge in [0.1, 0.15) is 0 Å². The lowest BCUT2D eigenvalue weighted by Crippen LogP contribution is -2.38. The van der Waals surface area contributed by atoms with Crippen molar-refractivity contribution in [1.82, 2.24) is 10.2 Å². The van der Waals surface area contributed by atoms with Crippen molar-refractivity contribution < 1.29 is 9.53 Å². The summed E-state index contributed by atoms with van der Waals surface area (Å²) in [6.07, 6.45) is 11.5. The van der Waals surface area contributed by atoms with Gasteiger partial charge in [0.15, 0.2) is 0 Å². The number of nitrogens with one attached hydrogen (secondary N) is 1. The molecule has 1 N–H and O–H groups in total. The molecule has 36 heavy (non-hydrogen) atoms. The Labute approximate surface area is 219 Å². The zero-order chi connectivity index (χ0) is 25.8. The lowest BCUT2D eigenvalue weighted by Gasteiger charge is -2.26. The first kappa shape index (κ1) is 28.4. The molecule has 0 saturated carbocycles. The van der Waals surface area contributed by atoms with Crippen LogP contribution in [0, 0.1) is 0 Å². The number of amides is 1. The summed E-state index contributed by atoms with van der Waals surface area (Å²) in [6, 6.07) is 15.1. The van der Waals surface area contributed by atoms with E-state index in [-0.39, 0.29) is 11.9 Å². The molecule has 1 amide bonds. The van der Waals surface area contributed by atoms with Crippen molar-refractivity contribution in [2.45, 2.75) is 97.1 Å². The molecule has 0 spiro atoms. The zero-order valence-corrected chi connectivity index (χ0v) is 23.2. The first-order valence-corrected chi connectivity index (χ1v) is 14.3. The Morgan fingerprint density at radius 1 is 0.972 bits per heavy atom.